The number of ether oxygens (including phenoxy) is 1. The molecule has 0 saturated carbocycles. The van der Waals surface area contributed by atoms with Gasteiger partial charge in [0.15, 0.2) is 0 Å². The molecule has 3 aromatic rings. The molecule has 1 atom stereocenters. The lowest BCUT2D eigenvalue weighted by atomic mass is 9.76. The molecule has 8 nitrogen and oxygen atoms in total. The van der Waals surface area contributed by atoms with E-state index in [4.69, 9.17) is 4.74 Å². The number of aromatic nitrogens is 5. The van der Waals surface area contributed by atoms with Gasteiger partial charge in [0.25, 0.3) is 0 Å². The highest BCUT2D eigenvalue weighted by atomic mass is 16.6. The second-order valence-corrected chi connectivity index (χ2v) is 8.16. The molecule has 5 rings (SSSR count). The van der Waals surface area contributed by atoms with Gasteiger partial charge in [0.05, 0.1) is 29.3 Å². The summed E-state index contributed by atoms with van der Waals surface area (Å²) in [5.41, 5.74) is 1.67. The van der Waals surface area contributed by atoms with E-state index in [0.717, 1.165) is 61.7 Å². The van der Waals surface area contributed by atoms with E-state index < -0.39 is 0 Å². The summed E-state index contributed by atoms with van der Waals surface area (Å²) in [6.07, 6.45) is 4.09. The van der Waals surface area contributed by atoms with Gasteiger partial charge in [-0.2, -0.15) is 10.1 Å². The largest absolute Gasteiger partial charge is 0.460 e. The molecule has 29 heavy (non-hydrogen) atoms. The third kappa shape index (κ3) is 3.07. The van der Waals surface area contributed by atoms with Gasteiger partial charge >= 0.3 is 5.97 Å². The van der Waals surface area contributed by atoms with Gasteiger partial charge in [-0.25, -0.2) is 9.67 Å². The molecule has 152 valence electrons. The van der Waals surface area contributed by atoms with Crippen molar-refractivity contribution in [2.45, 2.75) is 52.3 Å². The van der Waals surface area contributed by atoms with Crippen molar-refractivity contribution in [3.8, 4) is 0 Å². The number of carbonyl (C=O) groups excluding carboxylic acids is 1. The molecule has 0 N–H and O–H groups in total. The summed E-state index contributed by atoms with van der Waals surface area (Å²) in [4.78, 5) is 24.1. The van der Waals surface area contributed by atoms with E-state index in [-0.39, 0.29) is 17.5 Å². The number of piperidine rings is 1. The van der Waals surface area contributed by atoms with Gasteiger partial charge in [-0.1, -0.05) is 12.1 Å². The van der Waals surface area contributed by atoms with Gasteiger partial charge in [-0.15, -0.1) is 0 Å². The number of para-hydroxylation sites is 2. The molecule has 2 aliphatic rings. The Balaban J connectivity index is 1.28. The smallest absolute Gasteiger partial charge is 0.312 e. The summed E-state index contributed by atoms with van der Waals surface area (Å²) < 4.78 is 9.86. The van der Waals surface area contributed by atoms with E-state index in [2.05, 4.69) is 37.5 Å². The second kappa shape index (κ2) is 6.86. The highest BCUT2D eigenvalue weighted by molar-refractivity contribution is 5.79. The zero-order valence-electron chi connectivity index (χ0n) is 16.9. The average molecular weight is 394 g/mol. The van der Waals surface area contributed by atoms with Crippen molar-refractivity contribution in [3.05, 3.63) is 36.4 Å². The molecule has 0 aliphatic carbocycles. The summed E-state index contributed by atoms with van der Waals surface area (Å²) in [5, 5.41) is 4.45. The Morgan fingerprint density at radius 1 is 1.24 bits per heavy atom. The lowest BCUT2D eigenvalue weighted by molar-refractivity contribution is -0.150. The van der Waals surface area contributed by atoms with Crippen molar-refractivity contribution in [1.82, 2.24) is 24.3 Å². The molecule has 1 aromatic carbocycles. The Hall–Kier alpha value is -2.90. The maximum atomic E-state index is 12.8. The fraction of sp³-hybridized carbons (Fsp3) is 0.524. The van der Waals surface area contributed by atoms with Crippen molar-refractivity contribution in [2.75, 3.05) is 18.0 Å². The minimum absolute atomic E-state index is 0.0419. The van der Waals surface area contributed by atoms with E-state index in [0.29, 0.717) is 6.54 Å². The van der Waals surface area contributed by atoms with Crippen LogP contribution in [0.1, 0.15) is 32.0 Å². The van der Waals surface area contributed by atoms with Gasteiger partial charge in [0.2, 0.25) is 5.95 Å². The van der Waals surface area contributed by atoms with E-state index in [1.807, 2.05) is 36.1 Å². The number of fused-ring (bicyclic) bond motifs is 1. The number of carbonyl (C=O) groups is 1. The van der Waals surface area contributed by atoms with Crippen LogP contribution in [0.15, 0.2) is 30.6 Å². The van der Waals surface area contributed by atoms with Crippen LogP contribution in [0, 0.1) is 12.3 Å². The summed E-state index contributed by atoms with van der Waals surface area (Å²) in [6, 6.07) is 8.05. The average Bonchev–Trinajstić information content (AvgIpc) is 3.39. The molecule has 2 aromatic heterocycles. The maximum Gasteiger partial charge on any atom is 0.312 e. The Morgan fingerprint density at radius 3 is 2.83 bits per heavy atom. The zero-order chi connectivity index (χ0) is 20.0. The van der Waals surface area contributed by atoms with Gasteiger partial charge in [-0.3, -0.25) is 4.79 Å². The Labute approximate surface area is 169 Å². The molecule has 0 radical (unpaired) electrons. The van der Waals surface area contributed by atoms with Crippen LogP contribution in [0.3, 0.4) is 0 Å². The van der Waals surface area contributed by atoms with E-state index in [9.17, 15) is 4.79 Å². The number of cyclic esters (lactones) is 1. The first-order valence-corrected chi connectivity index (χ1v) is 10.4. The van der Waals surface area contributed by atoms with Crippen LogP contribution in [0.2, 0.25) is 0 Å². The number of benzene rings is 1. The first-order valence-electron chi connectivity index (χ1n) is 10.4. The minimum Gasteiger partial charge on any atom is -0.460 e. The minimum atomic E-state index is -0.371. The van der Waals surface area contributed by atoms with Gasteiger partial charge in [0, 0.05) is 26.1 Å². The Bertz CT molecular complexity index is 1050. The Morgan fingerprint density at radius 2 is 2.03 bits per heavy atom. The number of rotatable bonds is 4. The monoisotopic (exact) mass is 394 g/mol. The molecule has 0 amide bonds. The number of imidazole rings is 1. The normalized spacial score (nSPS) is 21.2. The third-order valence-corrected chi connectivity index (χ3v) is 6.31. The van der Waals surface area contributed by atoms with Crippen LogP contribution in [-0.4, -0.2) is 49.5 Å². The highest BCUT2D eigenvalue weighted by Gasteiger charge is 2.50. The van der Waals surface area contributed by atoms with Gasteiger partial charge in [0.1, 0.15) is 11.9 Å². The second-order valence-electron chi connectivity index (χ2n) is 8.16. The molecular formula is C21H26N6O2. The first kappa shape index (κ1) is 18.1. The van der Waals surface area contributed by atoms with Crippen LogP contribution < -0.4 is 4.90 Å². The highest BCUT2D eigenvalue weighted by Crippen LogP contribution is 2.44. The summed E-state index contributed by atoms with van der Waals surface area (Å²) in [7, 11) is 0. The van der Waals surface area contributed by atoms with E-state index >= 15 is 0 Å². The van der Waals surface area contributed by atoms with Crippen molar-refractivity contribution in [1.29, 1.82) is 0 Å². The predicted octanol–water partition coefficient (Wildman–Crippen LogP) is 2.56. The molecule has 2 aliphatic heterocycles. The van der Waals surface area contributed by atoms with Crippen molar-refractivity contribution in [3.63, 3.8) is 0 Å². The molecule has 2 saturated heterocycles. The van der Waals surface area contributed by atoms with Crippen LogP contribution in [0.4, 0.5) is 5.95 Å². The van der Waals surface area contributed by atoms with E-state index in [1.165, 1.54) is 0 Å². The fourth-order valence-electron chi connectivity index (χ4n) is 4.75. The van der Waals surface area contributed by atoms with Crippen LogP contribution in [0.25, 0.3) is 11.0 Å². The van der Waals surface area contributed by atoms with Crippen molar-refractivity contribution >= 4 is 23.0 Å². The number of hydrogen-bond acceptors (Lipinski definition) is 6. The van der Waals surface area contributed by atoms with Crippen LogP contribution in [0.5, 0.6) is 0 Å². The SMILES string of the molecule is CCn1nc(C)nc1N1CCC2(CC1)CC(Cn1cnc3ccccc31)OC2=O. The quantitative estimate of drug-likeness (QED) is 0.633. The summed E-state index contributed by atoms with van der Waals surface area (Å²) in [6.45, 7) is 7.03. The number of aryl methyl sites for hydroxylation is 2. The molecule has 4 heterocycles. The van der Waals surface area contributed by atoms with Gasteiger partial charge in [-0.05, 0) is 38.8 Å². The van der Waals surface area contributed by atoms with Crippen molar-refractivity contribution in [2.24, 2.45) is 5.41 Å². The third-order valence-electron chi connectivity index (χ3n) is 6.31. The molecule has 2 fully saturated rings. The standard InChI is InChI=1S/C21H26N6O2/c1-3-27-20(23-15(2)24-27)25-10-8-21(9-11-25)12-16(29-19(21)28)13-26-14-22-17-6-4-5-7-18(17)26/h4-7,14,16H,3,8-13H2,1-2H3. The molecule has 8 heteroatoms. The van der Waals surface area contributed by atoms with Gasteiger partial charge < -0.3 is 14.2 Å². The number of hydrogen-bond donors (Lipinski definition) is 0. The maximum absolute atomic E-state index is 12.8. The molecule has 1 unspecified atom stereocenters. The number of nitrogens with zero attached hydrogens (tertiary/aromatic N) is 6. The molecule has 1 spiro atoms. The van der Waals surface area contributed by atoms with E-state index in [1.54, 1.807) is 0 Å². The molecular weight excluding hydrogens is 368 g/mol. The molecule has 0 bridgehead atoms. The van der Waals surface area contributed by atoms with Crippen LogP contribution in [-0.2, 0) is 22.6 Å². The predicted molar refractivity (Wildman–Crippen MR) is 109 cm³/mol. The topological polar surface area (TPSA) is 78.1 Å². The summed E-state index contributed by atoms with van der Waals surface area (Å²) >= 11 is 0. The summed E-state index contributed by atoms with van der Waals surface area (Å²) in [5.74, 6) is 1.65. The number of esters is 1. The van der Waals surface area contributed by atoms with Crippen molar-refractivity contribution < 1.29 is 9.53 Å². The first-order chi connectivity index (χ1) is 14.1. The number of anilines is 1. The fourth-order valence-corrected chi connectivity index (χ4v) is 4.75. The van der Waals surface area contributed by atoms with Crippen LogP contribution >= 0.6 is 0 Å². The lowest BCUT2D eigenvalue weighted by Crippen LogP contribution is -2.43. The lowest BCUT2D eigenvalue weighted by Gasteiger charge is -2.36. The zero-order valence-corrected chi connectivity index (χ0v) is 16.9. The Kier molecular flexibility index (Phi) is 4.29.